The molecule has 1 saturated heterocycles. The lowest BCUT2D eigenvalue weighted by atomic mass is 10.0. The number of rotatable bonds is 7. The lowest BCUT2D eigenvalue weighted by Gasteiger charge is -2.20. The number of carbonyl (C=O) groups excluding carboxylic acids is 1. The highest BCUT2D eigenvalue weighted by molar-refractivity contribution is 5.76. The SMILES string of the molecule is CCCOCCC(=O)NCC1(O)CCOC1. The number of hydrogen-bond acceptors (Lipinski definition) is 4. The number of aliphatic hydroxyl groups is 1. The van der Waals surface area contributed by atoms with Crippen LogP contribution >= 0.6 is 0 Å². The Bertz CT molecular complexity index is 214. The highest BCUT2D eigenvalue weighted by atomic mass is 16.5. The molecule has 1 fully saturated rings. The number of amides is 1. The van der Waals surface area contributed by atoms with Gasteiger partial charge >= 0.3 is 0 Å². The Balaban J connectivity index is 2.05. The Hall–Kier alpha value is -0.650. The summed E-state index contributed by atoms with van der Waals surface area (Å²) >= 11 is 0. The van der Waals surface area contributed by atoms with Crippen LogP contribution in [0.1, 0.15) is 26.2 Å². The van der Waals surface area contributed by atoms with Gasteiger partial charge in [0.05, 0.1) is 13.2 Å². The molecule has 0 aliphatic carbocycles. The topological polar surface area (TPSA) is 67.8 Å². The van der Waals surface area contributed by atoms with E-state index in [-0.39, 0.29) is 12.5 Å². The molecule has 0 radical (unpaired) electrons. The van der Waals surface area contributed by atoms with Crippen LogP contribution in [0.25, 0.3) is 0 Å². The fourth-order valence-corrected chi connectivity index (χ4v) is 1.50. The van der Waals surface area contributed by atoms with E-state index in [1.165, 1.54) is 0 Å². The van der Waals surface area contributed by atoms with Gasteiger partial charge in [-0.05, 0) is 6.42 Å². The maximum absolute atomic E-state index is 11.4. The molecule has 1 amide bonds. The smallest absolute Gasteiger partial charge is 0.222 e. The minimum Gasteiger partial charge on any atom is -0.386 e. The van der Waals surface area contributed by atoms with Gasteiger partial charge in [-0.25, -0.2) is 0 Å². The minimum atomic E-state index is -0.875. The summed E-state index contributed by atoms with van der Waals surface area (Å²) in [6.07, 6.45) is 1.88. The zero-order chi connectivity index (χ0) is 11.9. The molecular formula is C11H21NO4. The van der Waals surface area contributed by atoms with Crippen LogP contribution in [-0.4, -0.2) is 49.6 Å². The summed E-state index contributed by atoms with van der Waals surface area (Å²) in [4.78, 5) is 11.4. The first-order valence-electron chi connectivity index (χ1n) is 5.81. The third kappa shape index (κ3) is 4.92. The third-order valence-corrected chi connectivity index (χ3v) is 2.52. The number of nitrogens with one attached hydrogen (secondary N) is 1. The third-order valence-electron chi connectivity index (χ3n) is 2.52. The molecule has 0 aromatic carbocycles. The lowest BCUT2D eigenvalue weighted by molar-refractivity contribution is -0.123. The van der Waals surface area contributed by atoms with Gasteiger partial charge in [-0.2, -0.15) is 0 Å². The van der Waals surface area contributed by atoms with Crippen LogP contribution in [0.4, 0.5) is 0 Å². The maximum Gasteiger partial charge on any atom is 0.222 e. The van der Waals surface area contributed by atoms with Crippen LogP contribution in [0, 0.1) is 0 Å². The number of hydrogen-bond donors (Lipinski definition) is 2. The summed E-state index contributed by atoms with van der Waals surface area (Å²) in [6, 6.07) is 0. The second kappa shape index (κ2) is 6.83. The summed E-state index contributed by atoms with van der Waals surface area (Å²) in [5, 5.41) is 12.6. The van der Waals surface area contributed by atoms with Crippen molar-refractivity contribution in [1.82, 2.24) is 5.32 Å². The number of carbonyl (C=O) groups is 1. The first-order valence-corrected chi connectivity index (χ1v) is 5.81. The average molecular weight is 231 g/mol. The quantitative estimate of drug-likeness (QED) is 0.608. The molecule has 1 unspecified atom stereocenters. The highest BCUT2D eigenvalue weighted by Gasteiger charge is 2.32. The molecule has 0 aromatic rings. The van der Waals surface area contributed by atoms with Crippen LogP contribution < -0.4 is 5.32 Å². The van der Waals surface area contributed by atoms with Crippen LogP contribution in [0.3, 0.4) is 0 Å². The van der Waals surface area contributed by atoms with Crippen molar-refractivity contribution in [2.45, 2.75) is 31.8 Å². The van der Waals surface area contributed by atoms with Gasteiger partial charge in [-0.1, -0.05) is 6.92 Å². The Morgan fingerprint density at radius 2 is 2.38 bits per heavy atom. The molecule has 0 bridgehead atoms. The van der Waals surface area contributed by atoms with Gasteiger partial charge < -0.3 is 19.9 Å². The predicted octanol–water partition coefficient (Wildman–Crippen LogP) is 0.0707. The van der Waals surface area contributed by atoms with Crippen molar-refractivity contribution in [2.24, 2.45) is 0 Å². The first-order chi connectivity index (χ1) is 7.66. The van der Waals surface area contributed by atoms with E-state index < -0.39 is 5.60 Å². The monoisotopic (exact) mass is 231 g/mol. The molecule has 2 N–H and O–H groups in total. The van der Waals surface area contributed by atoms with Crippen molar-refractivity contribution in [3.63, 3.8) is 0 Å². The summed E-state index contributed by atoms with van der Waals surface area (Å²) < 4.78 is 10.3. The van der Waals surface area contributed by atoms with Gasteiger partial charge in [0.1, 0.15) is 5.60 Å². The summed E-state index contributed by atoms with van der Waals surface area (Å²) in [5.41, 5.74) is -0.875. The van der Waals surface area contributed by atoms with E-state index in [9.17, 15) is 9.90 Å². The van der Waals surface area contributed by atoms with Crippen LogP contribution in [-0.2, 0) is 14.3 Å². The lowest BCUT2D eigenvalue weighted by Crippen LogP contribution is -2.43. The molecule has 16 heavy (non-hydrogen) atoms. The summed E-state index contributed by atoms with van der Waals surface area (Å²) in [7, 11) is 0. The predicted molar refractivity (Wildman–Crippen MR) is 59.1 cm³/mol. The molecule has 94 valence electrons. The molecule has 1 atom stereocenters. The molecule has 1 aliphatic rings. The zero-order valence-electron chi connectivity index (χ0n) is 9.83. The van der Waals surface area contributed by atoms with Crippen molar-refractivity contribution in [3.8, 4) is 0 Å². The van der Waals surface area contributed by atoms with Crippen LogP contribution in [0.5, 0.6) is 0 Å². The molecule has 0 aromatic heterocycles. The second-order valence-corrected chi connectivity index (χ2v) is 4.17. The molecule has 0 saturated carbocycles. The molecule has 1 heterocycles. The van der Waals surface area contributed by atoms with Gasteiger partial charge in [0.15, 0.2) is 0 Å². The second-order valence-electron chi connectivity index (χ2n) is 4.17. The normalized spacial score (nSPS) is 24.6. The summed E-state index contributed by atoms with van der Waals surface area (Å²) in [5.74, 6) is -0.0866. The largest absolute Gasteiger partial charge is 0.386 e. The molecular weight excluding hydrogens is 210 g/mol. The zero-order valence-corrected chi connectivity index (χ0v) is 9.83. The van der Waals surface area contributed by atoms with Crippen LogP contribution in [0.2, 0.25) is 0 Å². The van der Waals surface area contributed by atoms with Gasteiger partial charge in [-0.3, -0.25) is 4.79 Å². The Morgan fingerprint density at radius 1 is 1.56 bits per heavy atom. The van der Waals surface area contributed by atoms with Crippen molar-refractivity contribution < 1.29 is 19.4 Å². The van der Waals surface area contributed by atoms with Gasteiger partial charge in [0.2, 0.25) is 5.91 Å². The first kappa shape index (κ1) is 13.4. The average Bonchev–Trinajstić information content (AvgIpc) is 2.70. The minimum absolute atomic E-state index is 0.0866. The van der Waals surface area contributed by atoms with Crippen molar-refractivity contribution in [3.05, 3.63) is 0 Å². The molecule has 1 aliphatic heterocycles. The molecule has 5 nitrogen and oxygen atoms in total. The Labute approximate surface area is 96.1 Å². The highest BCUT2D eigenvalue weighted by Crippen LogP contribution is 2.16. The molecule has 0 spiro atoms. The standard InChI is InChI=1S/C11H21NO4/c1-2-5-15-6-3-10(13)12-8-11(14)4-7-16-9-11/h14H,2-9H2,1H3,(H,12,13). The van der Waals surface area contributed by atoms with Crippen molar-refractivity contribution in [1.29, 1.82) is 0 Å². The fourth-order valence-electron chi connectivity index (χ4n) is 1.50. The van der Waals surface area contributed by atoms with E-state index in [4.69, 9.17) is 9.47 Å². The Morgan fingerprint density at radius 3 is 3.00 bits per heavy atom. The van der Waals surface area contributed by atoms with E-state index in [0.717, 1.165) is 6.42 Å². The van der Waals surface area contributed by atoms with Crippen molar-refractivity contribution in [2.75, 3.05) is 33.0 Å². The van der Waals surface area contributed by atoms with Crippen molar-refractivity contribution >= 4 is 5.91 Å². The Kier molecular flexibility index (Phi) is 5.73. The fraction of sp³-hybridized carbons (Fsp3) is 0.909. The van der Waals surface area contributed by atoms with E-state index in [1.807, 2.05) is 6.92 Å². The van der Waals surface area contributed by atoms with E-state index >= 15 is 0 Å². The van der Waals surface area contributed by atoms with E-state index in [2.05, 4.69) is 5.32 Å². The summed E-state index contributed by atoms with van der Waals surface area (Å²) in [6.45, 7) is 4.28. The van der Waals surface area contributed by atoms with E-state index in [1.54, 1.807) is 0 Å². The van der Waals surface area contributed by atoms with Gasteiger partial charge in [0, 0.05) is 32.6 Å². The van der Waals surface area contributed by atoms with E-state index in [0.29, 0.717) is 39.3 Å². The number of ether oxygens (including phenoxy) is 2. The molecule has 5 heteroatoms. The maximum atomic E-state index is 11.4. The molecule has 1 rings (SSSR count). The van der Waals surface area contributed by atoms with Gasteiger partial charge in [0.25, 0.3) is 0 Å². The van der Waals surface area contributed by atoms with Gasteiger partial charge in [-0.15, -0.1) is 0 Å². The van der Waals surface area contributed by atoms with Crippen LogP contribution in [0.15, 0.2) is 0 Å².